The Labute approximate surface area is 203 Å². The predicted molar refractivity (Wildman–Crippen MR) is 133 cm³/mol. The molecule has 5 heterocycles. The highest BCUT2D eigenvalue weighted by Crippen LogP contribution is 2.31. The average Bonchev–Trinajstić information content (AvgIpc) is 3.60. The zero-order chi connectivity index (χ0) is 22.8. The smallest absolute Gasteiger partial charge is 0.265 e. The SMILES string of the molecule is Cc1nc(-c2cccnc2)sc1C(=O)N1CCCC(C(=O)Nc2nc(-c3cccs3)cs2)C1. The fourth-order valence-electron chi connectivity index (χ4n) is 3.80. The van der Waals surface area contributed by atoms with E-state index < -0.39 is 0 Å². The van der Waals surface area contributed by atoms with Gasteiger partial charge in [0, 0.05) is 36.4 Å². The van der Waals surface area contributed by atoms with E-state index in [9.17, 15) is 9.59 Å². The Bertz CT molecular complexity index is 1270. The normalized spacial score (nSPS) is 16.0. The number of piperidine rings is 1. The number of pyridine rings is 1. The van der Waals surface area contributed by atoms with Crippen LogP contribution >= 0.6 is 34.0 Å². The fraction of sp³-hybridized carbons (Fsp3) is 0.261. The summed E-state index contributed by atoms with van der Waals surface area (Å²) in [7, 11) is 0. The van der Waals surface area contributed by atoms with Gasteiger partial charge in [-0.2, -0.15) is 0 Å². The van der Waals surface area contributed by atoms with Gasteiger partial charge in [-0.3, -0.25) is 14.6 Å². The van der Waals surface area contributed by atoms with Gasteiger partial charge >= 0.3 is 0 Å². The standard InChI is InChI=1S/C23H21N5O2S3/c1-14-19(33-21(25-14)15-5-2-8-24-11-15)22(30)28-9-3-6-16(12-28)20(29)27-23-26-17(13-32-23)18-7-4-10-31-18/h2,4-5,7-8,10-11,13,16H,3,6,9,12H2,1H3,(H,26,27,29). The van der Waals surface area contributed by atoms with Crippen LogP contribution in [0.15, 0.2) is 47.4 Å². The van der Waals surface area contributed by atoms with Crippen molar-refractivity contribution in [1.29, 1.82) is 0 Å². The zero-order valence-corrected chi connectivity index (χ0v) is 20.3. The Kier molecular flexibility index (Phi) is 6.30. The maximum absolute atomic E-state index is 13.3. The second-order valence-electron chi connectivity index (χ2n) is 7.77. The number of carbonyl (C=O) groups excluding carboxylic acids is 2. The van der Waals surface area contributed by atoms with Crippen molar-refractivity contribution < 1.29 is 9.59 Å². The molecule has 0 bridgehead atoms. The molecule has 1 N–H and O–H groups in total. The summed E-state index contributed by atoms with van der Waals surface area (Å²) in [5.74, 6) is -0.411. The number of rotatable bonds is 5. The van der Waals surface area contributed by atoms with E-state index in [1.165, 1.54) is 22.7 Å². The van der Waals surface area contributed by atoms with Gasteiger partial charge in [0.05, 0.1) is 22.2 Å². The quantitative estimate of drug-likeness (QED) is 0.412. The van der Waals surface area contributed by atoms with Gasteiger partial charge in [0.25, 0.3) is 5.91 Å². The summed E-state index contributed by atoms with van der Waals surface area (Å²) in [6.07, 6.45) is 5.00. The monoisotopic (exact) mass is 495 g/mol. The molecular formula is C23H21N5O2S3. The van der Waals surface area contributed by atoms with Crippen LogP contribution in [0.3, 0.4) is 0 Å². The van der Waals surface area contributed by atoms with Crippen molar-refractivity contribution in [2.45, 2.75) is 19.8 Å². The molecule has 0 radical (unpaired) electrons. The first kappa shape index (κ1) is 21.9. The summed E-state index contributed by atoms with van der Waals surface area (Å²) in [5, 5.41) is 8.27. The van der Waals surface area contributed by atoms with Crippen LogP contribution in [-0.2, 0) is 4.79 Å². The van der Waals surface area contributed by atoms with Gasteiger partial charge in [0.2, 0.25) is 5.91 Å². The van der Waals surface area contributed by atoms with Crippen LogP contribution in [0.2, 0.25) is 0 Å². The molecule has 0 aliphatic carbocycles. The highest BCUT2D eigenvalue weighted by molar-refractivity contribution is 7.17. The fourth-order valence-corrected chi connectivity index (χ4v) is 6.30. The van der Waals surface area contributed by atoms with Crippen molar-refractivity contribution >= 4 is 51.0 Å². The number of thiophene rings is 1. The molecule has 1 unspecified atom stereocenters. The molecule has 1 fully saturated rings. The minimum Gasteiger partial charge on any atom is -0.337 e. The molecule has 1 aliphatic rings. The summed E-state index contributed by atoms with van der Waals surface area (Å²) in [5.41, 5.74) is 2.47. The van der Waals surface area contributed by atoms with Gasteiger partial charge in [-0.05, 0) is 43.3 Å². The molecule has 5 rings (SSSR count). The molecule has 168 valence electrons. The molecule has 0 saturated carbocycles. The number of aryl methyl sites for hydroxylation is 1. The van der Waals surface area contributed by atoms with Crippen molar-refractivity contribution in [3.63, 3.8) is 0 Å². The summed E-state index contributed by atoms with van der Waals surface area (Å²) < 4.78 is 0. The molecule has 4 aromatic heterocycles. The van der Waals surface area contributed by atoms with E-state index in [2.05, 4.69) is 20.3 Å². The van der Waals surface area contributed by atoms with E-state index in [1.54, 1.807) is 28.6 Å². The maximum Gasteiger partial charge on any atom is 0.265 e. The Morgan fingerprint density at radius 2 is 2.09 bits per heavy atom. The number of nitrogens with zero attached hydrogens (tertiary/aromatic N) is 4. The van der Waals surface area contributed by atoms with Gasteiger partial charge in [-0.15, -0.1) is 34.0 Å². The van der Waals surface area contributed by atoms with Gasteiger partial charge in [-0.1, -0.05) is 6.07 Å². The Hall–Kier alpha value is -2.95. The number of anilines is 1. The molecule has 0 spiro atoms. The Morgan fingerprint density at radius 3 is 2.88 bits per heavy atom. The van der Waals surface area contributed by atoms with Crippen LogP contribution in [0.25, 0.3) is 21.1 Å². The van der Waals surface area contributed by atoms with Crippen molar-refractivity contribution in [3.05, 3.63) is 58.0 Å². The number of likely N-dealkylation sites (tertiary alicyclic amines) is 1. The minimum atomic E-state index is -0.261. The number of hydrogen-bond donors (Lipinski definition) is 1. The Balaban J connectivity index is 1.25. The lowest BCUT2D eigenvalue weighted by Gasteiger charge is -2.31. The van der Waals surface area contributed by atoms with Crippen LogP contribution in [0.4, 0.5) is 5.13 Å². The summed E-state index contributed by atoms with van der Waals surface area (Å²) in [6, 6.07) is 7.78. The minimum absolute atomic E-state index is 0.0631. The van der Waals surface area contributed by atoms with Crippen molar-refractivity contribution in [3.8, 4) is 21.1 Å². The molecular weight excluding hydrogens is 474 g/mol. The molecule has 0 aromatic carbocycles. The molecule has 10 heteroatoms. The molecule has 33 heavy (non-hydrogen) atoms. The van der Waals surface area contributed by atoms with Crippen molar-refractivity contribution in [2.24, 2.45) is 5.92 Å². The molecule has 1 aliphatic heterocycles. The largest absolute Gasteiger partial charge is 0.337 e. The molecule has 1 atom stereocenters. The lowest BCUT2D eigenvalue weighted by molar-refractivity contribution is -0.121. The summed E-state index contributed by atoms with van der Waals surface area (Å²) in [4.78, 5) is 42.9. The molecule has 4 aromatic rings. The van der Waals surface area contributed by atoms with E-state index in [0.717, 1.165) is 34.0 Å². The van der Waals surface area contributed by atoms with Crippen LogP contribution < -0.4 is 5.32 Å². The van der Waals surface area contributed by atoms with Gasteiger partial charge in [0.1, 0.15) is 9.88 Å². The lowest BCUT2D eigenvalue weighted by Crippen LogP contribution is -2.43. The maximum atomic E-state index is 13.3. The third-order valence-corrected chi connectivity index (χ3v) is 8.33. The zero-order valence-electron chi connectivity index (χ0n) is 17.9. The van der Waals surface area contributed by atoms with E-state index in [0.29, 0.717) is 28.8 Å². The van der Waals surface area contributed by atoms with Gasteiger partial charge in [-0.25, -0.2) is 9.97 Å². The topological polar surface area (TPSA) is 88.1 Å². The highest BCUT2D eigenvalue weighted by atomic mass is 32.1. The number of hydrogen-bond acceptors (Lipinski definition) is 8. The average molecular weight is 496 g/mol. The first-order chi connectivity index (χ1) is 16.1. The van der Waals surface area contributed by atoms with Crippen molar-refractivity contribution in [2.75, 3.05) is 18.4 Å². The first-order valence-corrected chi connectivity index (χ1v) is 13.1. The number of carbonyl (C=O) groups is 2. The third kappa shape index (κ3) is 4.73. The second kappa shape index (κ2) is 9.50. The van der Waals surface area contributed by atoms with Crippen LogP contribution in [0, 0.1) is 12.8 Å². The van der Waals surface area contributed by atoms with Crippen LogP contribution in [0.5, 0.6) is 0 Å². The Morgan fingerprint density at radius 1 is 1.18 bits per heavy atom. The highest BCUT2D eigenvalue weighted by Gasteiger charge is 2.31. The first-order valence-electron chi connectivity index (χ1n) is 10.6. The predicted octanol–water partition coefficient (Wildman–Crippen LogP) is 5.19. The van der Waals surface area contributed by atoms with Gasteiger partial charge in [0.15, 0.2) is 5.13 Å². The van der Waals surface area contributed by atoms with Crippen molar-refractivity contribution in [1.82, 2.24) is 19.9 Å². The van der Waals surface area contributed by atoms with E-state index in [-0.39, 0.29) is 17.7 Å². The number of amides is 2. The number of nitrogens with one attached hydrogen (secondary N) is 1. The molecule has 2 amide bonds. The van der Waals surface area contributed by atoms with Gasteiger partial charge < -0.3 is 10.2 Å². The molecule has 1 saturated heterocycles. The second-order valence-corrected chi connectivity index (χ2v) is 10.6. The van der Waals surface area contributed by atoms with E-state index in [4.69, 9.17) is 0 Å². The lowest BCUT2D eigenvalue weighted by atomic mass is 9.97. The number of aromatic nitrogens is 3. The number of thiazole rings is 2. The summed E-state index contributed by atoms with van der Waals surface area (Å²) >= 11 is 4.41. The van der Waals surface area contributed by atoms with Crippen LogP contribution in [0.1, 0.15) is 28.2 Å². The van der Waals surface area contributed by atoms with Crippen LogP contribution in [-0.4, -0.2) is 44.8 Å². The third-order valence-electron chi connectivity index (χ3n) is 5.49. The summed E-state index contributed by atoms with van der Waals surface area (Å²) in [6.45, 7) is 2.89. The van der Waals surface area contributed by atoms with E-state index >= 15 is 0 Å². The molecule has 7 nitrogen and oxygen atoms in total. The van der Waals surface area contributed by atoms with E-state index in [1.807, 2.05) is 41.9 Å².